The summed E-state index contributed by atoms with van der Waals surface area (Å²) in [4.78, 5) is 4.22. The molecule has 0 aliphatic heterocycles. The number of nitrogens with zero attached hydrogens (tertiary/aromatic N) is 1. The van der Waals surface area contributed by atoms with E-state index in [1.54, 1.807) is 6.20 Å². The molecule has 0 atom stereocenters. The SMILES string of the molecule is CCCNc1cncc(Oc2cccc(C(C)(C)C)c2)c1. The normalized spacial score (nSPS) is 11.2. The van der Waals surface area contributed by atoms with E-state index in [0.29, 0.717) is 0 Å². The van der Waals surface area contributed by atoms with Gasteiger partial charge in [-0.2, -0.15) is 0 Å². The van der Waals surface area contributed by atoms with Gasteiger partial charge in [-0.15, -0.1) is 0 Å². The van der Waals surface area contributed by atoms with E-state index >= 15 is 0 Å². The fourth-order valence-corrected chi connectivity index (χ4v) is 2.00. The highest BCUT2D eigenvalue weighted by Gasteiger charge is 2.14. The van der Waals surface area contributed by atoms with Crippen LogP contribution in [0.4, 0.5) is 5.69 Å². The Kier molecular flexibility index (Phi) is 4.84. The summed E-state index contributed by atoms with van der Waals surface area (Å²) in [7, 11) is 0. The number of rotatable bonds is 5. The maximum atomic E-state index is 5.93. The first kappa shape index (κ1) is 15.4. The predicted molar refractivity (Wildman–Crippen MR) is 88.2 cm³/mol. The number of ether oxygens (including phenoxy) is 1. The summed E-state index contributed by atoms with van der Waals surface area (Å²) >= 11 is 0. The summed E-state index contributed by atoms with van der Waals surface area (Å²) in [5.74, 6) is 1.60. The van der Waals surface area contributed by atoms with Crippen LogP contribution in [0.15, 0.2) is 42.7 Å². The van der Waals surface area contributed by atoms with Crippen molar-refractivity contribution in [2.24, 2.45) is 0 Å². The average Bonchev–Trinajstić information content (AvgIpc) is 2.45. The summed E-state index contributed by atoms with van der Waals surface area (Å²) in [5.41, 5.74) is 2.36. The molecule has 0 amide bonds. The second-order valence-electron chi connectivity index (χ2n) is 6.22. The predicted octanol–water partition coefficient (Wildman–Crippen LogP) is 4.99. The molecule has 1 aromatic heterocycles. The molecule has 112 valence electrons. The van der Waals surface area contributed by atoms with Crippen LogP contribution in [-0.4, -0.2) is 11.5 Å². The number of hydrogen-bond donors (Lipinski definition) is 1. The topological polar surface area (TPSA) is 34.2 Å². The van der Waals surface area contributed by atoms with E-state index in [-0.39, 0.29) is 5.41 Å². The Morgan fingerprint density at radius 2 is 1.90 bits per heavy atom. The molecule has 1 heterocycles. The van der Waals surface area contributed by atoms with Crippen molar-refractivity contribution in [1.82, 2.24) is 4.98 Å². The third-order valence-corrected chi connectivity index (χ3v) is 3.23. The van der Waals surface area contributed by atoms with Crippen LogP contribution in [0.1, 0.15) is 39.7 Å². The third kappa shape index (κ3) is 4.48. The number of benzene rings is 1. The lowest BCUT2D eigenvalue weighted by molar-refractivity contribution is 0.476. The van der Waals surface area contributed by atoms with Gasteiger partial charge < -0.3 is 10.1 Å². The van der Waals surface area contributed by atoms with Crippen molar-refractivity contribution in [2.75, 3.05) is 11.9 Å². The zero-order valence-corrected chi connectivity index (χ0v) is 13.3. The molecule has 21 heavy (non-hydrogen) atoms. The van der Waals surface area contributed by atoms with Crippen LogP contribution >= 0.6 is 0 Å². The molecule has 3 nitrogen and oxygen atoms in total. The molecule has 3 heteroatoms. The molecule has 0 unspecified atom stereocenters. The van der Waals surface area contributed by atoms with E-state index < -0.39 is 0 Å². The molecule has 0 bridgehead atoms. The molecule has 0 saturated carbocycles. The first-order valence-electron chi connectivity index (χ1n) is 7.46. The van der Waals surface area contributed by atoms with Crippen molar-refractivity contribution < 1.29 is 4.74 Å². The van der Waals surface area contributed by atoms with Crippen LogP contribution in [0, 0.1) is 0 Å². The smallest absolute Gasteiger partial charge is 0.147 e. The fourth-order valence-electron chi connectivity index (χ4n) is 2.00. The first-order valence-corrected chi connectivity index (χ1v) is 7.46. The summed E-state index contributed by atoms with van der Waals surface area (Å²) in [5, 5.41) is 3.31. The minimum atomic E-state index is 0.113. The van der Waals surface area contributed by atoms with Crippen LogP contribution in [0.2, 0.25) is 0 Å². The van der Waals surface area contributed by atoms with Crippen molar-refractivity contribution in [3.8, 4) is 11.5 Å². The third-order valence-electron chi connectivity index (χ3n) is 3.23. The lowest BCUT2D eigenvalue weighted by Crippen LogP contribution is -2.10. The Morgan fingerprint density at radius 3 is 2.62 bits per heavy atom. The molecule has 0 aliphatic carbocycles. The minimum Gasteiger partial charge on any atom is -0.456 e. The van der Waals surface area contributed by atoms with Crippen LogP contribution in [0.3, 0.4) is 0 Å². The van der Waals surface area contributed by atoms with E-state index in [9.17, 15) is 0 Å². The molecular weight excluding hydrogens is 260 g/mol. The summed E-state index contributed by atoms with van der Waals surface area (Å²) < 4.78 is 5.93. The highest BCUT2D eigenvalue weighted by atomic mass is 16.5. The molecule has 2 rings (SSSR count). The monoisotopic (exact) mass is 284 g/mol. The van der Waals surface area contributed by atoms with E-state index in [1.165, 1.54) is 5.56 Å². The molecule has 0 aliphatic rings. The lowest BCUT2D eigenvalue weighted by atomic mass is 9.87. The number of aromatic nitrogens is 1. The molecule has 0 spiro atoms. The summed E-state index contributed by atoms with van der Waals surface area (Å²) in [6, 6.07) is 10.2. The second-order valence-corrected chi connectivity index (χ2v) is 6.22. The Labute approximate surface area is 127 Å². The summed E-state index contributed by atoms with van der Waals surface area (Å²) in [6.45, 7) is 9.66. The van der Waals surface area contributed by atoms with Crippen LogP contribution in [0.5, 0.6) is 11.5 Å². The van der Waals surface area contributed by atoms with E-state index in [2.05, 4.69) is 50.1 Å². The van der Waals surface area contributed by atoms with Crippen molar-refractivity contribution in [1.29, 1.82) is 0 Å². The van der Waals surface area contributed by atoms with Gasteiger partial charge in [0.2, 0.25) is 0 Å². The second kappa shape index (κ2) is 6.61. The van der Waals surface area contributed by atoms with Gasteiger partial charge >= 0.3 is 0 Å². The van der Waals surface area contributed by atoms with E-state index in [0.717, 1.165) is 30.2 Å². The lowest BCUT2D eigenvalue weighted by Gasteiger charge is -2.19. The Balaban J connectivity index is 2.14. The van der Waals surface area contributed by atoms with Crippen LogP contribution in [-0.2, 0) is 5.41 Å². The van der Waals surface area contributed by atoms with Gasteiger partial charge in [0.1, 0.15) is 11.5 Å². The fraction of sp³-hybridized carbons (Fsp3) is 0.389. The van der Waals surface area contributed by atoms with Crippen molar-refractivity contribution in [3.05, 3.63) is 48.3 Å². The quantitative estimate of drug-likeness (QED) is 0.839. The molecule has 0 radical (unpaired) electrons. The molecule has 2 aromatic rings. The van der Waals surface area contributed by atoms with Crippen molar-refractivity contribution in [2.45, 2.75) is 39.5 Å². The van der Waals surface area contributed by atoms with Gasteiger partial charge in [0.05, 0.1) is 18.1 Å². The molecule has 0 fully saturated rings. The van der Waals surface area contributed by atoms with Crippen LogP contribution in [0.25, 0.3) is 0 Å². The Bertz CT molecular complexity index is 588. The summed E-state index contributed by atoms with van der Waals surface area (Å²) in [6.07, 6.45) is 4.63. The van der Waals surface area contributed by atoms with Crippen molar-refractivity contribution in [3.63, 3.8) is 0 Å². The van der Waals surface area contributed by atoms with Gasteiger partial charge in [0.25, 0.3) is 0 Å². The standard InChI is InChI=1S/C18H24N2O/c1-5-9-20-15-11-17(13-19-12-15)21-16-8-6-7-14(10-16)18(2,3)4/h6-8,10-13,20H,5,9H2,1-4H3. The maximum absolute atomic E-state index is 5.93. The van der Waals surface area contributed by atoms with Gasteiger partial charge in [-0.25, -0.2) is 0 Å². The van der Waals surface area contributed by atoms with E-state index in [4.69, 9.17) is 4.74 Å². The zero-order chi connectivity index (χ0) is 15.3. The largest absolute Gasteiger partial charge is 0.456 e. The highest BCUT2D eigenvalue weighted by Crippen LogP contribution is 2.28. The first-order chi connectivity index (χ1) is 9.99. The van der Waals surface area contributed by atoms with Crippen molar-refractivity contribution >= 4 is 5.69 Å². The Hall–Kier alpha value is -2.03. The number of pyridine rings is 1. The van der Waals surface area contributed by atoms with Crippen LogP contribution < -0.4 is 10.1 Å². The van der Waals surface area contributed by atoms with Gasteiger partial charge in [-0.3, -0.25) is 4.98 Å². The number of anilines is 1. The highest BCUT2D eigenvalue weighted by molar-refractivity contribution is 5.46. The number of hydrogen-bond acceptors (Lipinski definition) is 3. The molecule has 1 N–H and O–H groups in total. The van der Waals surface area contributed by atoms with Gasteiger partial charge in [-0.05, 0) is 29.5 Å². The molecular formula is C18H24N2O. The Morgan fingerprint density at radius 1 is 1.10 bits per heavy atom. The van der Waals surface area contributed by atoms with E-state index in [1.807, 2.05) is 24.4 Å². The zero-order valence-electron chi connectivity index (χ0n) is 13.3. The van der Waals surface area contributed by atoms with Gasteiger partial charge in [-0.1, -0.05) is 39.8 Å². The average molecular weight is 284 g/mol. The number of nitrogens with one attached hydrogen (secondary N) is 1. The van der Waals surface area contributed by atoms with Gasteiger partial charge in [0.15, 0.2) is 0 Å². The molecule has 1 aromatic carbocycles. The maximum Gasteiger partial charge on any atom is 0.147 e. The molecule has 0 saturated heterocycles. The van der Waals surface area contributed by atoms with Gasteiger partial charge in [0, 0.05) is 12.6 Å². The minimum absolute atomic E-state index is 0.113.